The van der Waals surface area contributed by atoms with Crippen molar-refractivity contribution in [3.05, 3.63) is 30.4 Å². The molecule has 2 bridgehead atoms. The maximum absolute atomic E-state index is 12.5. The zero-order valence-corrected chi connectivity index (χ0v) is 20.4. The molecule has 0 radical (unpaired) electrons. The van der Waals surface area contributed by atoms with Crippen molar-refractivity contribution in [2.24, 2.45) is 17.8 Å². The number of fused-ring (bicyclic) bond motifs is 2. The summed E-state index contributed by atoms with van der Waals surface area (Å²) in [6.45, 7) is 1.52. The molecule has 7 nitrogen and oxygen atoms in total. The van der Waals surface area contributed by atoms with E-state index in [9.17, 15) is 9.59 Å². The molecule has 4 rings (SSSR count). The maximum Gasteiger partial charge on any atom is 0.303 e. The van der Waals surface area contributed by atoms with Crippen LogP contribution in [0.5, 0.6) is 0 Å². The molecule has 3 aliphatic rings. The summed E-state index contributed by atoms with van der Waals surface area (Å²) in [4.78, 5) is 27.6. The lowest BCUT2D eigenvalue weighted by molar-refractivity contribution is -0.136. The van der Waals surface area contributed by atoms with Gasteiger partial charge in [0.05, 0.1) is 18.5 Å². The molecule has 34 heavy (non-hydrogen) atoms. The van der Waals surface area contributed by atoms with Crippen LogP contribution in [-0.4, -0.2) is 45.3 Å². The highest BCUT2D eigenvalue weighted by molar-refractivity contribution is 5.91. The smallest absolute Gasteiger partial charge is 0.303 e. The average Bonchev–Trinajstić information content (AvgIpc) is 3.57. The largest absolute Gasteiger partial charge is 0.481 e. The Hall–Kier alpha value is -2.15. The highest BCUT2D eigenvalue weighted by Gasteiger charge is 2.48. The van der Waals surface area contributed by atoms with Crippen LogP contribution < -0.4 is 5.32 Å². The van der Waals surface area contributed by atoms with Gasteiger partial charge in [0.15, 0.2) is 0 Å². The first-order valence-corrected chi connectivity index (χ1v) is 13.4. The Kier molecular flexibility index (Phi) is 9.19. The molecule has 2 aliphatic heterocycles. The molecular formula is C27H41N3O4. The Morgan fingerprint density at radius 1 is 1.09 bits per heavy atom. The summed E-state index contributed by atoms with van der Waals surface area (Å²) in [6, 6.07) is 0. The van der Waals surface area contributed by atoms with E-state index in [-0.39, 0.29) is 18.4 Å². The van der Waals surface area contributed by atoms with E-state index in [1.165, 1.54) is 44.9 Å². The predicted molar refractivity (Wildman–Crippen MR) is 130 cm³/mol. The number of carbonyl (C=O) groups is 2. The topological polar surface area (TPSA) is 93.5 Å². The molecule has 0 spiro atoms. The Morgan fingerprint density at radius 3 is 2.68 bits per heavy atom. The minimum Gasteiger partial charge on any atom is -0.481 e. The molecule has 1 aliphatic carbocycles. The first kappa shape index (κ1) is 25.0. The Labute approximate surface area is 203 Å². The minimum atomic E-state index is -0.759. The Bertz CT molecular complexity index is 830. The van der Waals surface area contributed by atoms with Crippen LogP contribution in [0.15, 0.2) is 24.7 Å². The summed E-state index contributed by atoms with van der Waals surface area (Å²) in [7, 11) is 0. The van der Waals surface area contributed by atoms with E-state index in [0.29, 0.717) is 30.1 Å². The number of hydrogen-bond acceptors (Lipinski definition) is 4. The third-order valence-corrected chi connectivity index (χ3v) is 8.03. The van der Waals surface area contributed by atoms with Crippen molar-refractivity contribution < 1.29 is 19.4 Å². The fourth-order valence-corrected chi connectivity index (χ4v) is 6.18. The van der Waals surface area contributed by atoms with Crippen LogP contribution in [0.25, 0.3) is 0 Å². The lowest BCUT2D eigenvalue weighted by atomic mass is 9.77. The monoisotopic (exact) mass is 471 g/mol. The number of imidazole rings is 1. The maximum atomic E-state index is 12.5. The summed E-state index contributed by atoms with van der Waals surface area (Å²) >= 11 is 0. The molecule has 4 atom stereocenters. The molecular weight excluding hydrogens is 430 g/mol. The second-order valence-electron chi connectivity index (χ2n) is 10.5. The number of rotatable bonds is 13. The van der Waals surface area contributed by atoms with Gasteiger partial charge in [-0.05, 0) is 43.9 Å². The van der Waals surface area contributed by atoms with Crippen molar-refractivity contribution in [1.82, 2.24) is 14.9 Å². The molecule has 0 unspecified atom stereocenters. The molecule has 2 N–H and O–H groups in total. The number of aromatic nitrogens is 2. The van der Waals surface area contributed by atoms with Crippen molar-refractivity contribution in [3.8, 4) is 0 Å². The number of unbranched alkanes of at least 4 members (excludes halogenated alkanes) is 1. The minimum absolute atomic E-state index is 0.0847. The molecule has 0 aromatic carbocycles. The van der Waals surface area contributed by atoms with Crippen molar-refractivity contribution in [2.45, 2.75) is 102 Å². The van der Waals surface area contributed by atoms with Gasteiger partial charge in [-0.3, -0.25) is 9.59 Å². The van der Waals surface area contributed by atoms with Crippen LogP contribution in [0.4, 0.5) is 0 Å². The number of hydrogen-bond donors (Lipinski definition) is 2. The van der Waals surface area contributed by atoms with Crippen molar-refractivity contribution >= 4 is 11.9 Å². The number of amides is 1. The van der Waals surface area contributed by atoms with E-state index in [0.717, 1.165) is 44.7 Å². The average molecular weight is 472 g/mol. The molecule has 3 fully saturated rings. The van der Waals surface area contributed by atoms with Gasteiger partial charge in [-0.15, -0.1) is 0 Å². The van der Waals surface area contributed by atoms with E-state index < -0.39 is 5.97 Å². The zero-order chi connectivity index (χ0) is 23.8. The van der Waals surface area contributed by atoms with Gasteiger partial charge in [-0.25, -0.2) is 4.98 Å². The quantitative estimate of drug-likeness (QED) is 0.313. The van der Waals surface area contributed by atoms with Gasteiger partial charge in [-0.1, -0.05) is 57.1 Å². The van der Waals surface area contributed by atoms with E-state index >= 15 is 0 Å². The number of carboxylic acids is 1. The number of ether oxygens (including phenoxy) is 1. The highest BCUT2D eigenvalue weighted by Crippen LogP contribution is 2.45. The molecule has 7 heteroatoms. The fourth-order valence-electron chi connectivity index (χ4n) is 6.18. The van der Waals surface area contributed by atoms with E-state index in [2.05, 4.69) is 16.4 Å². The number of carboxylic acid groups (broad SMARTS) is 1. The van der Waals surface area contributed by atoms with Crippen LogP contribution >= 0.6 is 0 Å². The number of carbonyl (C=O) groups excluding carboxylic acids is 1. The molecule has 3 heterocycles. The molecule has 2 saturated heterocycles. The van der Waals surface area contributed by atoms with Gasteiger partial charge in [0.25, 0.3) is 5.91 Å². The number of nitrogens with zero attached hydrogens (tertiary/aromatic N) is 2. The number of allylic oxidation sites excluding steroid dienone is 2. The zero-order valence-electron chi connectivity index (χ0n) is 20.4. The molecule has 1 aromatic heterocycles. The predicted octanol–water partition coefficient (Wildman–Crippen LogP) is 4.97. The Morgan fingerprint density at radius 2 is 1.88 bits per heavy atom. The standard InChI is InChI=1S/C27H41N3O4/c31-26(32)13-6-2-5-12-21-22(25-15-14-24(21)34-25)17-30-18-23(29-19-30)27(33)28-16-8-7-11-20-9-3-1-4-10-20/h2,5,18-22,24-25H,1,3-4,6-17H2,(H,28,33)(H,31,32)/b5-2-/t21-,22+,24+,25-/m0/s1. The molecule has 188 valence electrons. The SMILES string of the molecule is O=C(O)CC/C=C\C[C@H]1[C@@H](Cn2cnc(C(=O)NCCCCC3CCCCC3)c2)[C@@H]2CC[C@H]1O2. The summed E-state index contributed by atoms with van der Waals surface area (Å²) in [5.41, 5.74) is 0.487. The summed E-state index contributed by atoms with van der Waals surface area (Å²) in [5.74, 6) is 0.888. The molecule has 1 aromatic rings. The number of nitrogens with one attached hydrogen (secondary N) is 1. The highest BCUT2D eigenvalue weighted by atomic mass is 16.5. The summed E-state index contributed by atoms with van der Waals surface area (Å²) in [5, 5.41) is 11.8. The first-order chi connectivity index (χ1) is 16.6. The third kappa shape index (κ3) is 6.94. The van der Waals surface area contributed by atoms with Crippen molar-refractivity contribution in [1.29, 1.82) is 0 Å². The van der Waals surface area contributed by atoms with Crippen molar-refractivity contribution in [2.75, 3.05) is 6.54 Å². The molecule has 1 amide bonds. The normalized spacial score (nSPS) is 26.9. The van der Waals surface area contributed by atoms with Crippen molar-refractivity contribution in [3.63, 3.8) is 0 Å². The van der Waals surface area contributed by atoms with E-state index in [1.807, 2.05) is 16.8 Å². The fraction of sp³-hybridized carbons (Fsp3) is 0.741. The van der Waals surface area contributed by atoms with Gasteiger partial charge in [-0.2, -0.15) is 0 Å². The van der Waals surface area contributed by atoms with Crippen LogP contribution in [0.3, 0.4) is 0 Å². The van der Waals surface area contributed by atoms with Crippen LogP contribution in [0.2, 0.25) is 0 Å². The summed E-state index contributed by atoms with van der Waals surface area (Å²) < 4.78 is 8.23. The van der Waals surface area contributed by atoms with Gasteiger partial charge >= 0.3 is 5.97 Å². The van der Waals surface area contributed by atoms with Crippen LogP contribution in [-0.2, 0) is 16.1 Å². The lowest BCUT2D eigenvalue weighted by Gasteiger charge is -2.27. The number of aliphatic carboxylic acids is 1. The third-order valence-electron chi connectivity index (χ3n) is 8.03. The lowest BCUT2D eigenvalue weighted by Crippen LogP contribution is -2.30. The van der Waals surface area contributed by atoms with Crippen LogP contribution in [0.1, 0.15) is 94.0 Å². The van der Waals surface area contributed by atoms with Gasteiger partial charge in [0.2, 0.25) is 0 Å². The second-order valence-corrected chi connectivity index (χ2v) is 10.5. The second kappa shape index (κ2) is 12.5. The van der Waals surface area contributed by atoms with Gasteiger partial charge in [0.1, 0.15) is 5.69 Å². The Balaban J connectivity index is 1.19. The van der Waals surface area contributed by atoms with E-state index in [4.69, 9.17) is 9.84 Å². The molecule has 1 saturated carbocycles. The van der Waals surface area contributed by atoms with Gasteiger partial charge < -0.3 is 19.7 Å². The van der Waals surface area contributed by atoms with Crippen LogP contribution in [0, 0.1) is 17.8 Å². The van der Waals surface area contributed by atoms with Gasteiger partial charge in [0, 0.05) is 31.6 Å². The summed E-state index contributed by atoms with van der Waals surface area (Å²) in [6.07, 6.45) is 22.6. The first-order valence-electron chi connectivity index (χ1n) is 13.4. The van der Waals surface area contributed by atoms with E-state index in [1.54, 1.807) is 6.33 Å².